The van der Waals surface area contributed by atoms with E-state index in [0.717, 1.165) is 32.8 Å². The predicted octanol–water partition coefficient (Wildman–Crippen LogP) is 2.46. The van der Waals surface area contributed by atoms with Crippen LogP contribution in [0.5, 0.6) is 0 Å². The van der Waals surface area contributed by atoms with E-state index in [1.165, 1.54) is 16.8 Å². The fourth-order valence-corrected chi connectivity index (χ4v) is 2.90. The number of hydrogen-bond donors (Lipinski definition) is 1. The molecule has 1 saturated heterocycles. The molecule has 2 rings (SSSR count). The lowest BCUT2D eigenvalue weighted by Crippen LogP contribution is -2.49. The van der Waals surface area contributed by atoms with Gasteiger partial charge in [0.05, 0.1) is 12.7 Å². The minimum absolute atomic E-state index is 0.387. The third-order valence-electron chi connectivity index (χ3n) is 4.46. The molecule has 0 aliphatic carbocycles. The molecule has 0 radical (unpaired) electrons. The monoisotopic (exact) mass is 320 g/mol. The number of anilines is 1. The molecule has 4 heteroatoms. The molecule has 1 atom stereocenters. The molecule has 1 heterocycles. The number of hydrogen-bond acceptors (Lipinski definition) is 4. The van der Waals surface area contributed by atoms with Gasteiger partial charge in [0.2, 0.25) is 0 Å². The fraction of sp³-hybridized carbons (Fsp3) is 0.684. The summed E-state index contributed by atoms with van der Waals surface area (Å²) in [5, 5.41) is 10.1. The summed E-state index contributed by atoms with van der Waals surface area (Å²) in [6.45, 7) is 14.5. The average molecular weight is 320 g/mol. The van der Waals surface area contributed by atoms with Crippen LogP contribution >= 0.6 is 0 Å². The van der Waals surface area contributed by atoms with Crippen LogP contribution in [0.2, 0.25) is 0 Å². The molecule has 1 aliphatic rings. The third-order valence-corrected chi connectivity index (χ3v) is 4.46. The van der Waals surface area contributed by atoms with Gasteiger partial charge in [0, 0.05) is 45.0 Å². The molecule has 1 aliphatic heterocycles. The standard InChI is InChI=1S/C19H32N2O2/c1-15(2)13-23-14-19(22)12-20-7-9-21(10-8-20)18-6-5-16(3)17(4)11-18/h5-6,11,15,19,22H,7-10,12-14H2,1-4H3. The van der Waals surface area contributed by atoms with Crippen molar-refractivity contribution in [3.8, 4) is 0 Å². The van der Waals surface area contributed by atoms with Gasteiger partial charge in [-0.1, -0.05) is 19.9 Å². The van der Waals surface area contributed by atoms with Crippen molar-refractivity contribution in [3.05, 3.63) is 29.3 Å². The van der Waals surface area contributed by atoms with Crippen LogP contribution in [0.4, 0.5) is 5.69 Å². The second kappa shape index (κ2) is 8.67. The Bertz CT molecular complexity index is 482. The van der Waals surface area contributed by atoms with Gasteiger partial charge in [-0.25, -0.2) is 0 Å². The Labute approximate surface area is 141 Å². The van der Waals surface area contributed by atoms with E-state index >= 15 is 0 Å². The van der Waals surface area contributed by atoms with Crippen LogP contribution in [-0.2, 0) is 4.74 Å². The number of aliphatic hydroxyl groups is 1. The topological polar surface area (TPSA) is 35.9 Å². The molecule has 0 aromatic heterocycles. The van der Waals surface area contributed by atoms with Crippen molar-refractivity contribution in [2.45, 2.75) is 33.8 Å². The van der Waals surface area contributed by atoms with Crippen LogP contribution in [0.25, 0.3) is 0 Å². The van der Waals surface area contributed by atoms with Crippen molar-refractivity contribution >= 4 is 5.69 Å². The number of ether oxygens (including phenoxy) is 1. The summed E-state index contributed by atoms with van der Waals surface area (Å²) in [6.07, 6.45) is -0.387. The summed E-state index contributed by atoms with van der Waals surface area (Å²) in [5.74, 6) is 0.517. The van der Waals surface area contributed by atoms with Gasteiger partial charge in [0.25, 0.3) is 0 Å². The summed E-state index contributed by atoms with van der Waals surface area (Å²) in [5.41, 5.74) is 4.01. The second-order valence-electron chi connectivity index (χ2n) is 7.14. The zero-order valence-corrected chi connectivity index (χ0v) is 15.1. The molecular weight excluding hydrogens is 288 g/mol. The fourth-order valence-electron chi connectivity index (χ4n) is 2.90. The molecule has 23 heavy (non-hydrogen) atoms. The molecule has 0 amide bonds. The lowest BCUT2D eigenvalue weighted by atomic mass is 10.1. The number of nitrogens with zero attached hydrogens (tertiary/aromatic N) is 2. The highest BCUT2D eigenvalue weighted by molar-refractivity contribution is 5.51. The largest absolute Gasteiger partial charge is 0.389 e. The van der Waals surface area contributed by atoms with Gasteiger partial charge in [0.15, 0.2) is 0 Å². The third kappa shape index (κ3) is 5.79. The maximum atomic E-state index is 10.1. The highest BCUT2D eigenvalue weighted by Crippen LogP contribution is 2.20. The number of aryl methyl sites for hydroxylation is 2. The van der Waals surface area contributed by atoms with Crippen molar-refractivity contribution in [3.63, 3.8) is 0 Å². The van der Waals surface area contributed by atoms with Gasteiger partial charge < -0.3 is 14.7 Å². The van der Waals surface area contributed by atoms with Crippen molar-refractivity contribution in [1.29, 1.82) is 0 Å². The Morgan fingerprint density at radius 1 is 1.04 bits per heavy atom. The van der Waals surface area contributed by atoms with Gasteiger partial charge >= 0.3 is 0 Å². The minimum Gasteiger partial charge on any atom is -0.389 e. The minimum atomic E-state index is -0.387. The first-order valence-corrected chi connectivity index (χ1v) is 8.76. The van der Waals surface area contributed by atoms with E-state index in [1.807, 2.05) is 0 Å². The van der Waals surface area contributed by atoms with Crippen molar-refractivity contribution < 1.29 is 9.84 Å². The van der Waals surface area contributed by atoms with Crippen molar-refractivity contribution in [2.24, 2.45) is 5.92 Å². The average Bonchev–Trinajstić information content (AvgIpc) is 2.50. The smallest absolute Gasteiger partial charge is 0.0900 e. The van der Waals surface area contributed by atoms with Gasteiger partial charge in [-0.15, -0.1) is 0 Å². The molecule has 4 nitrogen and oxygen atoms in total. The van der Waals surface area contributed by atoms with Gasteiger partial charge in [-0.2, -0.15) is 0 Å². The molecule has 0 saturated carbocycles. The number of benzene rings is 1. The van der Waals surface area contributed by atoms with Crippen LogP contribution in [0.15, 0.2) is 18.2 Å². The van der Waals surface area contributed by atoms with E-state index in [2.05, 4.69) is 55.7 Å². The van der Waals surface area contributed by atoms with Gasteiger partial charge in [0.1, 0.15) is 0 Å². The van der Waals surface area contributed by atoms with Crippen molar-refractivity contribution in [1.82, 2.24) is 4.90 Å². The molecule has 1 fully saturated rings. The predicted molar refractivity (Wildman–Crippen MR) is 96.2 cm³/mol. The summed E-state index contributed by atoms with van der Waals surface area (Å²) in [7, 11) is 0. The quantitative estimate of drug-likeness (QED) is 0.837. The second-order valence-corrected chi connectivity index (χ2v) is 7.14. The summed E-state index contributed by atoms with van der Waals surface area (Å²) in [6, 6.07) is 6.69. The Kier molecular flexibility index (Phi) is 6.88. The zero-order chi connectivity index (χ0) is 16.8. The Hall–Kier alpha value is -1.10. The normalized spacial score (nSPS) is 17.7. The van der Waals surface area contributed by atoms with Crippen LogP contribution in [0, 0.1) is 19.8 Å². The first kappa shape index (κ1) is 18.2. The number of rotatable bonds is 7. The molecule has 1 aromatic carbocycles. The van der Waals surface area contributed by atoms with Crippen LogP contribution < -0.4 is 4.90 Å². The van der Waals surface area contributed by atoms with Gasteiger partial charge in [-0.05, 0) is 43.0 Å². The molecule has 1 N–H and O–H groups in total. The van der Waals surface area contributed by atoms with E-state index in [-0.39, 0.29) is 6.10 Å². The highest BCUT2D eigenvalue weighted by atomic mass is 16.5. The number of aliphatic hydroxyl groups excluding tert-OH is 1. The van der Waals surface area contributed by atoms with Crippen LogP contribution in [0.3, 0.4) is 0 Å². The SMILES string of the molecule is Cc1ccc(N2CCN(CC(O)COCC(C)C)CC2)cc1C. The van der Waals surface area contributed by atoms with E-state index in [9.17, 15) is 5.11 Å². The molecule has 1 unspecified atom stereocenters. The zero-order valence-electron chi connectivity index (χ0n) is 15.1. The molecule has 0 bridgehead atoms. The number of β-amino-alcohol motifs (C(OH)–C–C–N with tert-alkyl or cyclic N) is 1. The first-order valence-electron chi connectivity index (χ1n) is 8.76. The van der Waals surface area contributed by atoms with E-state index in [0.29, 0.717) is 19.1 Å². The lowest BCUT2D eigenvalue weighted by molar-refractivity contribution is 0.00747. The van der Waals surface area contributed by atoms with E-state index < -0.39 is 0 Å². The van der Waals surface area contributed by atoms with Gasteiger partial charge in [-0.3, -0.25) is 4.90 Å². The molecule has 0 spiro atoms. The summed E-state index contributed by atoms with van der Waals surface area (Å²) in [4.78, 5) is 4.77. The van der Waals surface area contributed by atoms with Crippen LogP contribution in [0.1, 0.15) is 25.0 Å². The van der Waals surface area contributed by atoms with E-state index in [1.54, 1.807) is 0 Å². The van der Waals surface area contributed by atoms with Crippen LogP contribution in [-0.4, -0.2) is 62.0 Å². The molecular formula is C19H32N2O2. The molecule has 1 aromatic rings. The highest BCUT2D eigenvalue weighted by Gasteiger charge is 2.19. The Balaban J connectivity index is 1.74. The first-order chi connectivity index (χ1) is 11.0. The van der Waals surface area contributed by atoms with Crippen molar-refractivity contribution in [2.75, 3.05) is 50.8 Å². The maximum Gasteiger partial charge on any atom is 0.0900 e. The van der Waals surface area contributed by atoms with E-state index in [4.69, 9.17) is 4.74 Å². The maximum absolute atomic E-state index is 10.1. The lowest BCUT2D eigenvalue weighted by Gasteiger charge is -2.37. The molecule has 130 valence electrons. The Morgan fingerprint density at radius 2 is 1.74 bits per heavy atom. The number of piperazine rings is 1. The Morgan fingerprint density at radius 3 is 2.35 bits per heavy atom. The summed E-state index contributed by atoms with van der Waals surface area (Å²) >= 11 is 0. The summed E-state index contributed by atoms with van der Waals surface area (Å²) < 4.78 is 5.53.